The molecule has 2 rings (SSSR count). The monoisotopic (exact) mass is 288 g/mol. The maximum atomic E-state index is 12.4. The lowest BCUT2D eigenvalue weighted by Crippen LogP contribution is -2.10. The summed E-state index contributed by atoms with van der Waals surface area (Å²) in [6.07, 6.45) is 0. The van der Waals surface area contributed by atoms with Crippen molar-refractivity contribution in [2.45, 2.75) is 12.8 Å². The molecule has 0 saturated heterocycles. The van der Waals surface area contributed by atoms with Crippen molar-refractivity contribution in [3.05, 3.63) is 47.5 Å². The molecular weight excluding hydrogens is 272 g/mol. The Balaban J connectivity index is 2.35. The maximum absolute atomic E-state index is 12.4. The third-order valence-electron chi connectivity index (χ3n) is 3.35. The average molecular weight is 288 g/mol. The predicted octanol–water partition coefficient (Wildman–Crippen LogP) is 2.80. The van der Waals surface area contributed by atoms with Crippen LogP contribution in [0.3, 0.4) is 0 Å². The van der Waals surface area contributed by atoms with E-state index in [1.165, 1.54) is 31.4 Å². The van der Waals surface area contributed by atoms with Crippen molar-refractivity contribution in [1.82, 2.24) is 0 Å². The number of carbonyl (C=O) groups is 1. The van der Waals surface area contributed by atoms with Gasteiger partial charge in [0, 0.05) is 12.0 Å². The fourth-order valence-corrected chi connectivity index (χ4v) is 2.07. The van der Waals surface area contributed by atoms with Crippen molar-refractivity contribution >= 4 is 5.78 Å². The minimum absolute atomic E-state index is 0.0221. The van der Waals surface area contributed by atoms with E-state index in [1.807, 2.05) is 0 Å². The smallest absolute Gasteiger partial charge is 0.173 e. The Morgan fingerprint density at radius 3 is 2.24 bits per heavy atom. The van der Waals surface area contributed by atoms with Gasteiger partial charge in [-0.25, -0.2) is 0 Å². The fraction of sp³-hybridized carbons (Fsp3) is 0.188. The van der Waals surface area contributed by atoms with Crippen LogP contribution in [0.15, 0.2) is 36.4 Å². The molecular formula is C16H16O5. The van der Waals surface area contributed by atoms with Crippen LogP contribution in [0.2, 0.25) is 0 Å². The Labute approximate surface area is 122 Å². The highest BCUT2D eigenvalue weighted by Gasteiger charge is 2.22. The third-order valence-corrected chi connectivity index (χ3v) is 3.35. The van der Waals surface area contributed by atoms with Gasteiger partial charge in [-0.1, -0.05) is 19.1 Å². The predicted molar refractivity (Wildman–Crippen MR) is 77.2 cm³/mol. The van der Waals surface area contributed by atoms with E-state index >= 15 is 0 Å². The van der Waals surface area contributed by atoms with Crippen LogP contribution in [0, 0.1) is 0 Å². The first-order valence-corrected chi connectivity index (χ1v) is 6.37. The molecule has 21 heavy (non-hydrogen) atoms. The highest BCUT2D eigenvalue weighted by atomic mass is 16.5. The number of phenolic OH excluding ortho intramolecular Hbond substituents is 3. The van der Waals surface area contributed by atoms with E-state index in [-0.39, 0.29) is 34.3 Å². The number of ether oxygens (including phenoxy) is 1. The average Bonchev–Trinajstić information content (AvgIpc) is 2.48. The quantitative estimate of drug-likeness (QED) is 0.595. The fourth-order valence-electron chi connectivity index (χ4n) is 2.07. The summed E-state index contributed by atoms with van der Waals surface area (Å²) in [6, 6.07) is 8.64. The molecule has 0 amide bonds. The summed E-state index contributed by atoms with van der Waals surface area (Å²) in [5.41, 5.74) is 0.724. The van der Waals surface area contributed by atoms with Crippen molar-refractivity contribution in [2.75, 3.05) is 7.11 Å². The van der Waals surface area contributed by atoms with Crippen LogP contribution < -0.4 is 4.74 Å². The molecule has 0 aromatic heterocycles. The summed E-state index contributed by atoms with van der Waals surface area (Å²) in [4.78, 5) is 12.4. The molecule has 0 aliphatic heterocycles. The molecule has 0 saturated carbocycles. The zero-order valence-corrected chi connectivity index (χ0v) is 11.7. The Bertz CT molecular complexity index is 661. The second-order valence-corrected chi connectivity index (χ2v) is 4.72. The molecule has 2 aromatic carbocycles. The number of Topliss-reactive ketones (excluding diaryl/α,β-unsaturated/α-hetero) is 1. The van der Waals surface area contributed by atoms with Crippen LogP contribution in [-0.4, -0.2) is 28.2 Å². The van der Waals surface area contributed by atoms with E-state index in [2.05, 4.69) is 0 Å². The standard InChI is InChI=1S/C16H16O5/c1-9(10-3-5-11(17)6-4-10)16(20)12-7-14(19)15(21-2)8-13(12)18/h3-9,17-19H,1-2H3. The van der Waals surface area contributed by atoms with Gasteiger partial charge in [0.15, 0.2) is 17.3 Å². The number of rotatable bonds is 4. The molecule has 1 unspecified atom stereocenters. The van der Waals surface area contributed by atoms with Crippen molar-refractivity contribution in [1.29, 1.82) is 0 Å². The molecule has 2 aromatic rings. The first-order chi connectivity index (χ1) is 9.93. The van der Waals surface area contributed by atoms with E-state index in [0.29, 0.717) is 5.56 Å². The second-order valence-electron chi connectivity index (χ2n) is 4.72. The number of hydrogen-bond donors (Lipinski definition) is 3. The normalized spacial score (nSPS) is 11.9. The summed E-state index contributed by atoms with van der Waals surface area (Å²) in [5.74, 6) is -1.11. The van der Waals surface area contributed by atoms with E-state index in [4.69, 9.17) is 4.74 Å². The molecule has 0 fully saturated rings. The van der Waals surface area contributed by atoms with E-state index in [1.54, 1.807) is 19.1 Å². The van der Waals surface area contributed by atoms with Crippen molar-refractivity contribution in [2.24, 2.45) is 0 Å². The summed E-state index contributed by atoms with van der Waals surface area (Å²) < 4.78 is 4.87. The number of phenols is 3. The van der Waals surface area contributed by atoms with Crippen LogP contribution in [0.5, 0.6) is 23.0 Å². The Kier molecular flexibility index (Phi) is 4.03. The molecule has 0 aliphatic carbocycles. The van der Waals surface area contributed by atoms with Crippen LogP contribution in [0.25, 0.3) is 0 Å². The lowest BCUT2D eigenvalue weighted by atomic mass is 9.91. The number of methoxy groups -OCH3 is 1. The zero-order valence-electron chi connectivity index (χ0n) is 11.7. The van der Waals surface area contributed by atoms with Crippen LogP contribution >= 0.6 is 0 Å². The van der Waals surface area contributed by atoms with Gasteiger partial charge in [0.1, 0.15) is 11.5 Å². The first-order valence-electron chi connectivity index (χ1n) is 6.37. The lowest BCUT2D eigenvalue weighted by Gasteiger charge is -2.13. The van der Waals surface area contributed by atoms with E-state index < -0.39 is 5.92 Å². The molecule has 0 aliphatic rings. The molecule has 3 N–H and O–H groups in total. The molecule has 0 bridgehead atoms. The molecule has 110 valence electrons. The van der Waals surface area contributed by atoms with Gasteiger partial charge in [-0.05, 0) is 23.8 Å². The Morgan fingerprint density at radius 1 is 1.05 bits per heavy atom. The van der Waals surface area contributed by atoms with E-state index in [0.717, 1.165) is 0 Å². The minimum atomic E-state index is -0.524. The highest BCUT2D eigenvalue weighted by molar-refractivity contribution is 6.03. The highest BCUT2D eigenvalue weighted by Crippen LogP contribution is 2.35. The minimum Gasteiger partial charge on any atom is -0.508 e. The summed E-state index contributed by atoms with van der Waals surface area (Å²) in [5, 5.41) is 28.9. The van der Waals surface area contributed by atoms with Crippen molar-refractivity contribution in [3.8, 4) is 23.0 Å². The number of aromatic hydroxyl groups is 3. The lowest BCUT2D eigenvalue weighted by molar-refractivity contribution is 0.0963. The van der Waals surface area contributed by atoms with Gasteiger partial charge in [-0.3, -0.25) is 4.79 Å². The Morgan fingerprint density at radius 2 is 1.67 bits per heavy atom. The third kappa shape index (κ3) is 2.91. The van der Waals surface area contributed by atoms with Crippen molar-refractivity contribution in [3.63, 3.8) is 0 Å². The summed E-state index contributed by atoms with van der Waals surface area (Å²) in [6.45, 7) is 1.69. The van der Waals surface area contributed by atoms with Gasteiger partial charge >= 0.3 is 0 Å². The van der Waals surface area contributed by atoms with Gasteiger partial charge < -0.3 is 20.1 Å². The van der Waals surface area contributed by atoms with Crippen LogP contribution in [0.1, 0.15) is 28.8 Å². The summed E-state index contributed by atoms with van der Waals surface area (Å²) >= 11 is 0. The van der Waals surface area contributed by atoms with Gasteiger partial charge in [0.2, 0.25) is 0 Å². The Hall–Kier alpha value is -2.69. The van der Waals surface area contributed by atoms with Gasteiger partial charge in [0.25, 0.3) is 0 Å². The second kappa shape index (κ2) is 5.75. The molecule has 0 spiro atoms. The molecule has 5 heteroatoms. The van der Waals surface area contributed by atoms with Gasteiger partial charge in [-0.15, -0.1) is 0 Å². The topological polar surface area (TPSA) is 87.0 Å². The maximum Gasteiger partial charge on any atom is 0.173 e. The van der Waals surface area contributed by atoms with Crippen LogP contribution in [-0.2, 0) is 0 Å². The van der Waals surface area contributed by atoms with E-state index in [9.17, 15) is 20.1 Å². The summed E-state index contributed by atoms with van der Waals surface area (Å²) in [7, 11) is 1.36. The molecule has 5 nitrogen and oxygen atoms in total. The van der Waals surface area contributed by atoms with Gasteiger partial charge in [0.05, 0.1) is 12.7 Å². The number of ketones is 1. The molecule has 1 atom stereocenters. The SMILES string of the molecule is COc1cc(O)c(C(=O)C(C)c2ccc(O)cc2)cc1O. The van der Waals surface area contributed by atoms with Crippen molar-refractivity contribution < 1.29 is 24.9 Å². The number of benzene rings is 2. The number of hydrogen-bond acceptors (Lipinski definition) is 5. The zero-order chi connectivity index (χ0) is 15.6. The first kappa shape index (κ1) is 14.7. The largest absolute Gasteiger partial charge is 0.508 e. The molecule has 0 heterocycles. The van der Waals surface area contributed by atoms with Gasteiger partial charge in [-0.2, -0.15) is 0 Å². The number of carbonyl (C=O) groups excluding carboxylic acids is 1. The van der Waals surface area contributed by atoms with Crippen LogP contribution in [0.4, 0.5) is 0 Å². The molecule has 0 radical (unpaired) electrons.